The van der Waals surface area contributed by atoms with Crippen molar-refractivity contribution in [1.82, 2.24) is 4.98 Å². The van der Waals surface area contributed by atoms with Crippen LogP contribution >= 0.6 is 0 Å². The van der Waals surface area contributed by atoms with Crippen LogP contribution in [0.5, 0.6) is 0 Å². The number of nitrogens with zero attached hydrogens (tertiary/aromatic N) is 1. The number of oxazole rings is 1. The molecule has 1 aromatic heterocycles. The Morgan fingerprint density at radius 1 is 1.47 bits per heavy atom. The zero-order chi connectivity index (χ0) is 10.8. The monoisotopic (exact) mass is 200 g/mol. The normalized spacial score (nSPS) is 9.53. The second kappa shape index (κ2) is 3.29. The number of rotatable bonds is 1. The molecule has 0 fully saturated rings. The second-order valence-corrected chi connectivity index (χ2v) is 2.83. The topological polar surface area (TPSA) is 86.9 Å². The van der Waals surface area contributed by atoms with E-state index in [0.29, 0.717) is 16.6 Å². The maximum atomic E-state index is 10.9. The molecule has 2 aromatic rings. The molecule has 0 bridgehead atoms. The standard InChI is InChI=1S/C10H4N2O3/c11-5-6-3-7(1-2-13)9-8(4-6)15-10(14)12-9/h1,3-4H,(H,12,14). The first-order chi connectivity index (χ1) is 7.24. The predicted molar refractivity (Wildman–Crippen MR) is 51.7 cm³/mol. The summed E-state index contributed by atoms with van der Waals surface area (Å²) in [7, 11) is 0. The summed E-state index contributed by atoms with van der Waals surface area (Å²) in [5.74, 6) is 0.964. The van der Waals surface area contributed by atoms with Crippen molar-refractivity contribution in [3.8, 4) is 6.07 Å². The van der Waals surface area contributed by atoms with Gasteiger partial charge in [-0.15, -0.1) is 0 Å². The minimum atomic E-state index is -0.624. The molecule has 1 N–H and O–H groups in total. The summed E-state index contributed by atoms with van der Waals surface area (Å²) in [5.41, 5.74) is 1.36. The number of hydrogen-bond acceptors (Lipinski definition) is 4. The molecule has 0 amide bonds. The molecule has 0 aliphatic rings. The van der Waals surface area contributed by atoms with Crippen molar-refractivity contribution in [2.24, 2.45) is 0 Å². The number of fused-ring (bicyclic) bond motifs is 1. The van der Waals surface area contributed by atoms with Crippen LogP contribution in [0.2, 0.25) is 0 Å². The van der Waals surface area contributed by atoms with Gasteiger partial charge in [0.05, 0.1) is 17.1 Å². The summed E-state index contributed by atoms with van der Waals surface area (Å²) in [4.78, 5) is 23.6. The van der Waals surface area contributed by atoms with Gasteiger partial charge in [0.25, 0.3) is 0 Å². The van der Waals surface area contributed by atoms with Crippen molar-refractivity contribution < 1.29 is 9.21 Å². The van der Waals surface area contributed by atoms with Crippen molar-refractivity contribution >= 4 is 23.1 Å². The van der Waals surface area contributed by atoms with Crippen LogP contribution < -0.4 is 5.76 Å². The first-order valence-electron chi connectivity index (χ1n) is 4.02. The predicted octanol–water partition coefficient (Wildman–Crippen LogP) is 0.838. The molecule has 1 heterocycles. The van der Waals surface area contributed by atoms with Crippen LogP contribution in [-0.4, -0.2) is 10.9 Å². The van der Waals surface area contributed by atoms with Crippen LogP contribution in [0.15, 0.2) is 21.3 Å². The number of benzene rings is 1. The molecule has 0 aliphatic heterocycles. The van der Waals surface area contributed by atoms with Crippen molar-refractivity contribution in [3.63, 3.8) is 0 Å². The summed E-state index contributed by atoms with van der Waals surface area (Å²) in [6.45, 7) is 0. The van der Waals surface area contributed by atoms with Gasteiger partial charge in [0.1, 0.15) is 5.94 Å². The third kappa shape index (κ3) is 1.46. The van der Waals surface area contributed by atoms with E-state index in [1.165, 1.54) is 12.1 Å². The minimum Gasteiger partial charge on any atom is -0.408 e. The lowest BCUT2D eigenvalue weighted by molar-refractivity contribution is 0.555. The lowest BCUT2D eigenvalue weighted by Gasteiger charge is -1.93. The number of nitriles is 1. The zero-order valence-corrected chi connectivity index (χ0v) is 7.40. The molecule has 0 unspecified atom stereocenters. The third-order valence-electron chi connectivity index (χ3n) is 1.91. The van der Waals surface area contributed by atoms with E-state index in [9.17, 15) is 9.59 Å². The molecule has 0 radical (unpaired) electrons. The molecular formula is C10H4N2O3. The first-order valence-corrected chi connectivity index (χ1v) is 4.02. The quantitative estimate of drug-likeness (QED) is 0.691. The molecule has 0 saturated carbocycles. The number of aromatic nitrogens is 1. The van der Waals surface area contributed by atoms with Gasteiger partial charge in [-0.1, -0.05) is 0 Å². The third-order valence-corrected chi connectivity index (χ3v) is 1.91. The van der Waals surface area contributed by atoms with Gasteiger partial charge in [0.15, 0.2) is 5.58 Å². The SMILES string of the molecule is N#Cc1cc(C=C=O)c2[nH]c(=O)oc2c1. The Morgan fingerprint density at radius 2 is 2.27 bits per heavy atom. The van der Waals surface area contributed by atoms with E-state index in [-0.39, 0.29) is 5.58 Å². The van der Waals surface area contributed by atoms with E-state index < -0.39 is 5.76 Å². The summed E-state index contributed by atoms with van der Waals surface area (Å²) >= 11 is 0. The summed E-state index contributed by atoms with van der Waals surface area (Å²) < 4.78 is 4.79. The molecule has 0 aliphatic carbocycles. The van der Waals surface area contributed by atoms with Crippen LogP contribution in [0.3, 0.4) is 0 Å². The number of aromatic amines is 1. The van der Waals surface area contributed by atoms with Gasteiger partial charge in [0.2, 0.25) is 0 Å². The summed E-state index contributed by atoms with van der Waals surface area (Å²) in [6, 6.07) is 4.80. The Morgan fingerprint density at radius 3 is 2.93 bits per heavy atom. The van der Waals surface area contributed by atoms with Crippen LogP contribution in [0, 0.1) is 11.3 Å². The van der Waals surface area contributed by atoms with E-state index >= 15 is 0 Å². The Bertz CT molecular complexity index is 666. The Labute approximate surface area is 83.2 Å². The van der Waals surface area contributed by atoms with Gasteiger partial charge in [-0.25, -0.2) is 9.59 Å². The summed E-state index contributed by atoms with van der Waals surface area (Å²) in [6.07, 6.45) is 1.13. The number of hydrogen-bond donors (Lipinski definition) is 1. The fraction of sp³-hybridized carbons (Fsp3) is 0. The highest BCUT2D eigenvalue weighted by Crippen LogP contribution is 2.18. The van der Waals surface area contributed by atoms with Gasteiger partial charge in [0, 0.05) is 17.7 Å². The number of nitrogens with one attached hydrogen (secondary N) is 1. The molecule has 5 nitrogen and oxygen atoms in total. The molecule has 0 atom stereocenters. The largest absolute Gasteiger partial charge is 0.417 e. The second-order valence-electron chi connectivity index (χ2n) is 2.83. The average Bonchev–Trinajstić information content (AvgIpc) is 2.58. The summed E-state index contributed by atoms with van der Waals surface area (Å²) in [5, 5.41) is 8.70. The van der Waals surface area contributed by atoms with E-state index in [1.54, 1.807) is 5.94 Å². The van der Waals surface area contributed by atoms with Gasteiger partial charge in [-0.3, -0.25) is 4.98 Å². The molecule has 0 spiro atoms. The zero-order valence-electron chi connectivity index (χ0n) is 7.40. The number of carbonyl (C=O) groups excluding carboxylic acids is 1. The van der Waals surface area contributed by atoms with E-state index in [4.69, 9.17) is 9.68 Å². The lowest BCUT2D eigenvalue weighted by atomic mass is 10.1. The van der Waals surface area contributed by atoms with E-state index in [1.807, 2.05) is 6.07 Å². The van der Waals surface area contributed by atoms with Crippen molar-refractivity contribution in [3.05, 3.63) is 33.8 Å². The van der Waals surface area contributed by atoms with Crippen LogP contribution in [0.25, 0.3) is 17.2 Å². The molecule has 2 rings (SSSR count). The molecule has 5 heteroatoms. The first kappa shape index (κ1) is 9.00. The minimum absolute atomic E-state index is 0.251. The fourth-order valence-electron chi connectivity index (χ4n) is 1.32. The highest BCUT2D eigenvalue weighted by molar-refractivity contribution is 5.90. The van der Waals surface area contributed by atoms with Crippen molar-refractivity contribution in [1.29, 1.82) is 5.26 Å². The molecule has 72 valence electrons. The van der Waals surface area contributed by atoms with Gasteiger partial charge in [-0.05, 0) is 6.07 Å². The van der Waals surface area contributed by atoms with Gasteiger partial charge >= 0.3 is 5.76 Å². The van der Waals surface area contributed by atoms with E-state index in [2.05, 4.69) is 4.98 Å². The molecule has 1 aromatic carbocycles. The highest BCUT2D eigenvalue weighted by Gasteiger charge is 2.07. The van der Waals surface area contributed by atoms with Crippen LogP contribution in [0.1, 0.15) is 11.1 Å². The fourth-order valence-corrected chi connectivity index (χ4v) is 1.32. The van der Waals surface area contributed by atoms with E-state index in [0.717, 1.165) is 6.08 Å². The highest BCUT2D eigenvalue weighted by atomic mass is 16.4. The van der Waals surface area contributed by atoms with Crippen molar-refractivity contribution in [2.45, 2.75) is 0 Å². The van der Waals surface area contributed by atoms with Crippen LogP contribution in [-0.2, 0) is 4.79 Å². The smallest absolute Gasteiger partial charge is 0.408 e. The van der Waals surface area contributed by atoms with Crippen molar-refractivity contribution in [2.75, 3.05) is 0 Å². The maximum absolute atomic E-state index is 10.9. The number of H-pyrrole nitrogens is 1. The Hall–Kier alpha value is -2.57. The Kier molecular flexibility index (Phi) is 1.98. The lowest BCUT2D eigenvalue weighted by Crippen LogP contribution is -1.93. The van der Waals surface area contributed by atoms with Gasteiger partial charge in [-0.2, -0.15) is 5.26 Å². The molecular weight excluding hydrogens is 196 g/mol. The van der Waals surface area contributed by atoms with Gasteiger partial charge < -0.3 is 4.42 Å². The maximum Gasteiger partial charge on any atom is 0.417 e. The Balaban J connectivity index is 2.92. The average molecular weight is 200 g/mol. The molecule has 0 saturated heterocycles. The molecule has 15 heavy (non-hydrogen) atoms. The van der Waals surface area contributed by atoms with Crippen LogP contribution in [0.4, 0.5) is 0 Å².